The van der Waals surface area contributed by atoms with Crippen molar-refractivity contribution in [1.29, 1.82) is 0 Å². The molecule has 0 aliphatic heterocycles. The van der Waals surface area contributed by atoms with Gasteiger partial charge in [0.25, 0.3) is 0 Å². The number of nitrogens with zero attached hydrogens (tertiary/aromatic N) is 1. The Morgan fingerprint density at radius 3 is 2.50 bits per heavy atom. The fourth-order valence-electron chi connectivity index (χ4n) is 1.71. The third-order valence-electron chi connectivity index (χ3n) is 2.71. The molecule has 0 aliphatic rings. The van der Waals surface area contributed by atoms with Crippen LogP contribution >= 0.6 is 0 Å². The van der Waals surface area contributed by atoms with Crippen molar-refractivity contribution in [3.8, 4) is 0 Å². The van der Waals surface area contributed by atoms with Gasteiger partial charge < -0.3 is 5.32 Å². The fourth-order valence-corrected chi connectivity index (χ4v) is 1.71. The zero-order valence-electron chi connectivity index (χ0n) is 10.6. The summed E-state index contributed by atoms with van der Waals surface area (Å²) in [7, 11) is 0. The Balaban J connectivity index is 2.00. The van der Waals surface area contributed by atoms with E-state index in [4.69, 9.17) is 0 Å². The highest BCUT2D eigenvalue weighted by Gasteiger charge is 1.99. The topological polar surface area (TPSA) is 42.0 Å². The molecule has 1 aromatic heterocycles. The molecule has 0 bridgehead atoms. The lowest BCUT2D eigenvalue weighted by molar-refractivity contribution is 0.101. The molecule has 0 fully saturated rings. The van der Waals surface area contributed by atoms with Gasteiger partial charge in [-0.3, -0.25) is 9.78 Å². The normalized spacial score (nSPS) is 10.1. The number of Topliss-reactive ketones (excluding diaryl/α,β-unsaturated/α-hetero) is 1. The Kier molecular flexibility index (Phi) is 3.72. The third-order valence-corrected chi connectivity index (χ3v) is 2.71. The van der Waals surface area contributed by atoms with Crippen LogP contribution in [0.5, 0.6) is 0 Å². The van der Waals surface area contributed by atoms with Crippen LogP contribution in [0.2, 0.25) is 0 Å². The van der Waals surface area contributed by atoms with Gasteiger partial charge in [0.2, 0.25) is 0 Å². The maximum atomic E-state index is 11.1. The number of hydrogen-bond acceptors (Lipinski definition) is 3. The third kappa shape index (κ3) is 3.17. The maximum absolute atomic E-state index is 11.1. The van der Waals surface area contributed by atoms with E-state index >= 15 is 0 Å². The molecule has 2 rings (SSSR count). The van der Waals surface area contributed by atoms with E-state index in [0.717, 1.165) is 22.6 Å². The molecule has 18 heavy (non-hydrogen) atoms. The first-order chi connectivity index (χ1) is 8.65. The van der Waals surface area contributed by atoms with Crippen molar-refractivity contribution in [2.75, 3.05) is 5.32 Å². The molecule has 92 valence electrons. The zero-order valence-corrected chi connectivity index (χ0v) is 10.6. The van der Waals surface area contributed by atoms with E-state index in [1.807, 2.05) is 49.4 Å². The first-order valence-corrected chi connectivity index (χ1v) is 5.92. The molecule has 3 heteroatoms. The highest BCUT2D eigenvalue weighted by molar-refractivity contribution is 5.94. The summed E-state index contributed by atoms with van der Waals surface area (Å²) in [5.74, 6) is 0.0851. The smallest absolute Gasteiger partial charge is 0.159 e. The molecule has 0 amide bonds. The summed E-state index contributed by atoms with van der Waals surface area (Å²) in [6.07, 6.45) is 0. The SMILES string of the molecule is CC(=O)c1ccc(NCc2cccc(C)n2)cc1. The molecule has 1 heterocycles. The quantitative estimate of drug-likeness (QED) is 0.834. The molecule has 2 aromatic rings. The second kappa shape index (κ2) is 5.45. The minimum absolute atomic E-state index is 0.0851. The number of anilines is 1. The number of carbonyl (C=O) groups excluding carboxylic acids is 1. The molecule has 3 nitrogen and oxygen atoms in total. The van der Waals surface area contributed by atoms with E-state index in [1.54, 1.807) is 6.92 Å². The fraction of sp³-hybridized carbons (Fsp3) is 0.200. The summed E-state index contributed by atoms with van der Waals surface area (Å²) >= 11 is 0. The average Bonchev–Trinajstić information content (AvgIpc) is 2.37. The number of carbonyl (C=O) groups is 1. The van der Waals surface area contributed by atoms with Crippen LogP contribution in [0.15, 0.2) is 42.5 Å². The Morgan fingerprint density at radius 2 is 1.89 bits per heavy atom. The monoisotopic (exact) mass is 240 g/mol. The number of aryl methyl sites for hydroxylation is 1. The van der Waals surface area contributed by atoms with E-state index in [2.05, 4.69) is 10.3 Å². The molecule has 0 radical (unpaired) electrons. The Hall–Kier alpha value is -2.16. The van der Waals surface area contributed by atoms with Gasteiger partial charge in [-0.05, 0) is 50.2 Å². The molecular weight excluding hydrogens is 224 g/mol. The molecule has 0 unspecified atom stereocenters. The molecule has 0 atom stereocenters. The van der Waals surface area contributed by atoms with Crippen LogP contribution < -0.4 is 5.32 Å². The largest absolute Gasteiger partial charge is 0.379 e. The summed E-state index contributed by atoms with van der Waals surface area (Å²) in [6.45, 7) is 4.23. The predicted octanol–water partition coefficient (Wildman–Crippen LogP) is 3.20. The van der Waals surface area contributed by atoms with Crippen LogP contribution in [0.3, 0.4) is 0 Å². The minimum Gasteiger partial charge on any atom is -0.379 e. The van der Waals surface area contributed by atoms with Crippen molar-refractivity contribution in [1.82, 2.24) is 4.98 Å². The van der Waals surface area contributed by atoms with Crippen LogP contribution in [0, 0.1) is 6.92 Å². The van der Waals surface area contributed by atoms with Crippen LogP contribution in [-0.4, -0.2) is 10.8 Å². The van der Waals surface area contributed by atoms with Gasteiger partial charge in [0.15, 0.2) is 5.78 Å². The second-order valence-corrected chi connectivity index (χ2v) is 4.26. The Bertz CT molecular complexity index is 547. The van der Waals surface area contributed by atoms with Gasteiger partial charge in [-0.1, -0.05) is 6.07 Å². The second-order valence-electron chi connectivity index (χ2n) is 4.26. The summed E-state index contributed by atoms with van der Waals surface area (Å²) in [5.41, 5.74) is 3.74. The average molecular weight is 240 g/mol. The van der Waals surface area contributed by atoms with Crippen LogP contribution in [0.25, 0.3) is 0 Å². The van der Waals surface area contributed by atoms with Gasteiger partial charge >= 0.3 is 0 Å². The molecule has 0 saturated heterocycles. The lowest BCUT2D eigenvalue weighted by atomic mass is 10.1. The van der Waals surface area contributed by atoms with Crippen LogP contribution in [-0.2, 0) is 6.54 Å². The minimum atomic E-state index is 0.0851. The van der Waals surface area contributed by atoms with Crippen molar-refractivity contribution in [3.05, 3.63) is 59.4 Å². The number of ketones is 1. The van der Waals surface area contributed by atoms with E-state index < -0.39 is 0 Å². The predicted molar refractivity (Wildman–Crippen MR) is 72.7 cm³/mol. The van der Waals surface area contributed by atoms with E-state index in [-0.39, 0.29) is 5.78 Å². The van der Waals surface area contributed by atoms with Gasteiger partial charge in [-0.15, -0.1) is 0 Å². The molecule has 1 aromatic carbocycles. The highest BCUT2D eigenvalue weighted by atomic mass is 16.1. The first kappa shape index (κ1) is 12.3. The molecule has 0 aliphatic carbocycles. The standard InChI is InChI=1S/C15H16N2O/c1-11-4-3-5-15(17-11)10-16-14-8-6-13(7-9-14)12(2)18/h3-9,16H,10H2,1-2H3. The number of pyridine rings is 1. The lowest BCUT2D eigenvalue weighted by Crippen LogP contribution is -2.02. The van der Waals surface area contributed by atoms with Gasteiger partial charge in [-0.25, -0.2) is 0 Å². The number of benzene rings is 1. The summed E-state index contributed by atoms with van der Waals surface area (Å²) in [5, 5.41) is 3.28. The highest BCUT2D eigenvalue weighted by Crippen LogP contribution is 2.11. The van der Waals surface area contributed by atoms with Crippen LogP contribution in [0.4, 0.5) is 5.69 Å². The van der Waals surface area contributed by atoms with E-state index in [9.17, 15) is 4.79 Å². The van der Waals surface area contributed by atoms with Gasteiger partial charge in [-0.2, -0.15) is 0 Å². The lowest BCUT2D eigenvalue weighted by Gasteiger charge is -2.07. The zero-order chi connectivity index (χ0) is 13.0. The Labute approximate surface area is 107 Å². The van der Waals surface area contributed by atoms with E-state index in [1.165, 1.54) is 0 Å². The number of aromatic nitrogens is 1. The number of nitrogens with one attached hydrogen (secondary N) is 1. The van der Waals surface area contributed by atoms with Crippen molar-refractivity contribution in [3.63, 3.8) is 0 Å². The van der Waals surface area contributed by atoms with Gasteiger partial charge in [0.05, 0.1) is 12.2 Å². The number of hydrogen-bond donors (Lipinski definition) is 1. The molecule has 0 saturated carbocycles. The van der Waals surface area contributed by atoms with E-state index in [0.29, 0.717) is 6.54 Å². The molecule has 1 N–H and O–H groups in total. The first-order valence-electron chi connectivity index (χ1n) is 5.92. The summed E-state index contributed by atoms with van der Waals surface area (Å²) in [6, 6.07) is 13.4. The van der Waals surface area contributed by atoms with Crippen molar-refractivity contribution >= 4 is 11.5 Å². The molecular formula is C15H16N2O. The maximum Gasteiger partial charge on any atom is 0.159 e. The van der Waals surface area contributed by atoms with Crippen molar-refractivity contribution < 1.29 is 4.79 Å². The van der Waals surface area contributed by atoms with Gasteiger partial charge in [0.1, 0.15) is 0 Å². The molecule has 0 spiro atoms. The summed E-state index contributed by atoms with van der Waals surface area (Å²) in [4.78, 5) is 15.6. The van der Waals surface area contributed by atoms with Gasteiger partial charge in [0, 0.05) is 16.9 Å². The Morgan fingerprint density at radius 1 is 1.17 bits per heavy atom. The van der Waals surface area contributed by atoms with Crippen LogP contribution in [0.1, 0.15) is 28.7 Å². The van der Waals surface area contributed by atoms with Crippen molar-refractivity contribution in [2.45, 2.75) is 20.4 Å². The summed E-state index contributed by atoms with van der Waals surface area (Å²) < 4.78 is 0. The van der Waals surface area contributed by atoms with Crippen molar-refractivity contribution in [2.24, 2.45) is 0 Å². The number of rotatable bonds is 4.